The van der Waals surface area contributed by atoms with Crippen molar-refractivity contribution in [1.82, 2.24) is 19.7 Å². The molecule has 1 aromatic carbocycles. The first kappa shape index (κ1) is 11.9. The maximum Gasteiger partial charge on any atom is 0.268 e. The molecule has 0 aliphatic heterocycles. The number of fused-ring (bicyclic) bond motifs is 1. The van der Waals surface area contributed by atoms with Gasteiger partial charge in [-0.3, -0.25) is 4.79 Å². The van der Waals surface area contributed by atoms with Crippen LogP contribution in [0, 0.1) is 6.92 Å². The van der Waals surface area contributed by atoms with E-state index in [0.29, 0.717) is 18.1 Å². The van der Waals surface area contributed by atoms with Crippen LogP contribution in [-0.4, -0.2) is 20.2 Å². The van der Waals surface area contributed by atoms with Crippen LogP contribution in [0.25, 0.3) is 10.8 Å². The molecule has 3 aromatic rings. The first-order valence-corrected chi connectivity index (χ1v) is 6.70. The third-order valence-electron chi connectivity index (χ3n) is 2.95. The maximum atomic E-state index is 12.2. The summed E-state index contributed by atoms with van der Waals surface area (Å²) in [6.45, 7) is 2.30. The van der Waals surface area contributed by atoms with Gasteiger partial charge in [0.05, 0.1) is 6.54 Å². The topological polar surface area (TPSA) is 70.7 Å². The van der Waals surface area contributed by atoms with Crippen LogP contribution in [0.3, 0.4) is 0 Å². The van der Waals surface area contributed by atoms with Crippen molar-refractivity contribution in [3.05, 3.63) is 47.0 Å². The predicted octanol–water partition coefficient (Wildman–Crippen LogP) is 2.26. The Morgan fingerprint density at radius 1 is 1.37 bits per heavy atom. The van der Waals surface area contributed by atoms with Crippen molar-refractivity contribution in [2.24, 2.45) is 0 Å². The second kappa shape index (κ2) is 4.81. The summed E-state index contributed by atoms with van der Waals surface area (Å²) in [7, 11) is 0. The minimum Gasteiger partial charge on any atom is -0.354 e. The van der Waals surface area contributed by atoms with Gasteiger partial charge in [-0.15, -0.1) is 0 Å². The molecule has 0 bridgehead atoms. The summed E-state index contributed by atoms with van der Waals surface area (Å²) in [5.74, 6) is 0.491. The smallest absolute Gasteiger partial charge is 0.268 e. The highest BCUT2D eigenvalue weighted by Crippen LogP contribution is 2.21. The van der Waals surface area contributed by atoms with E-state index in [1.165, 1.54) is 11.5 Å². The number of aromatic amines is 1. The van der Waals surface area contributed by atoms with Crippen molar-refractivity contribution in [3.63, 3.8) is 0 Å². The first-order chi connectivity index (χ1) is 9.25. The van der Waals surface area contributed by atoms with E-state index < -0.39 is 0 Å². The van der Waals surface area contributed by atoms with Crippen molar-refractivity contribution < 1.29 is 4.79 Å². The molecule has 0 atom stereocenters. The first-order valence-electron chi connectivity index (χ1n) is 5.86. The fraction of sp³-hybridized carbons (Fsp3) is 0.154. The standard InChI is InChI=1S/C13H12N4OS/c1-8-9-4-2-3-5-10(9)12(16-8)13(18)14-6-11-15-7-19-17-11/h2-5,7,16H,6H2,1H3,(H,14,18). The molecule has 0 saturated heterocycles. The van der Waals surface area contributed by atoms with Crippen LogP contribution < -0.4 is 5.32 Å². The Morgan fingerprint density at radius 2 is 2.16 bits per heavy atom. The summed E-state index contributed by atoms with van der Waals surface area (Å²) in [5, 5.41) is 4.82. The molecule has 0 unspecified atom stereocenters. The van der Waals surface area contributed by atoms with Gasteiger partial charge in [-0.05, 0) is 18.5 Å². The van der Waals surface area contributed by atoms with Gasteiger partial charge >= 0.3 is 0 Å². The molecule has 0 saturated carbocycles. The molecule has 0 radical (unpaired) electrons. The minimum atomic E-state index is -0.140. The Balaban J connectivity index is 1.85. The molecule has 0 aliphatic carbocycles. The van der Waals surface area contributed by atoms with Crippen LogP contribution in [0.1, 0.15) is 22.0 Å². The lowest BCUT2D eigenvalue weighted by atomic mass is 10.1. The highest BCUT2D eigenvalue weighted by Gasteiger charge is 2.14. The molecule has 6 heteroatoms. The van der Waals surface area contributed by atoms with E-state index in [9.17, 15) is 4.79 Å². The zero-order valence-electron chi connectivity index (χ0n) is 10.3. The van der Waals surface area contributed by atoms with E-state index in [1.54, 1.807) is 5.51 Å². The number of hydrogen-bond acceptors (Lipinski definition) is 4. The van der Waals surface area contributed by atoms with Gasteiger partial charge in [0.15, 0.2) is 5.82 Å². The Kier molecular flexibility index (Phi) is 3.00. The number of carbonyl (C=O) groups is 1. The lowest BCUT2D eigenvalue weighted by Gasteiger charge is -2.01. The van der Waals surface area contributed by atoms with Gasteiger partial charge in [0.1, 0.15) is 11.2 Å². The molecule has 3 rings (SSSR count). The fourth-order valence-corrected chi connectivity index (χ4v) is 2.50. The average Bonchev–Trinajstić information content (AvgIpc) is 3.05. The summed E-state index contributed by atoms with van der Waals surface area (Å²) in [6, 6.07) is 7.83. The van der Waals surface area contributed by atoms with Gasteiger partial charge in [0, 0.05) is 16.5 Å². The third-order valence-corrected chi connectivity index (χ3v) is 3.47. The minimum absolute atomic E-state index is 0.140. The number of nitrogens with one attached hydrogen (secondary N) is 2. The van der Waals surface area contributed by atoms with Gasteiger partial charge in [-0.1, -0.05) is 24.3 Å². The van der Waals surface area contributed by atoms with Crippen LogP contribution in [0.15, 0.2) is 29.8 Å². The summed E-state index contributed by atoms with van der Waals surface area (Å²) in [6.07, 6.45) is 0. The maximum absolute atomic E-state index is 12.2. The van der Waals surface area contributed by atoms with E-state index in [1.807, 2.05) is 31.2 Å². The number of benzene rings is 1. The molecule has 1 amide bonds. The molecule has 2 heterocycles. The number of H-pyrrole nitrogens is 1. The van der Waals surface area contributed by atoms with Crippen LogP contribution in [0.5, 0.6) is 0 Å². The number of hydrogen-bond donors (Lipinski definition) is 2. The van der Waals surface area contributed by atoms with Gasteiger partial charge in [0.25, 0.3) is 5.91 Å². The van der Waals surface area contributed by atoms with E-state index in [-0.39, 0.29) is 5.91 Å². The molecule has 0 spiro atoms. The van der Waals surface area contributed by atoms with Crippen LogP contribution in [-0.2, 0) is 6.54 Å². The number of carbonyl (C=O) groups excluding carboxylic acids is 1. The van der Waals surface area contributed by atoms with E-state index in [0.717, 1.165) is 16.5 Å². The molecule has 2 aromatic heterocycles. The molecule has 5 nitrogen and oxygen atoms in total. The lowest BCUT2D eigenvalue weighted by molar-refractivity contribution is 0.0947. The Bertz CT molecular complexity index is 717. The monoisotopic (exact) mass is 272 g/mol. The van der Waals surface area contributed by atoms with E-state index in [2.05, 4.69) is 19.7 Å². The molecular formula is C13H12N4OS. The summed E-state index contributed by atoms with van der Waals surface area (Å²) in [4.78, 5) is 19.3. The van der Waals surface area contributed by atoms with Crippen LogP contribution >= 0.6 is 11.5 Å². The molecular weight excluding hydrogens is 260 g/mol. The van der Waals surface area contributed by atoms with Gasteiger partial charge in [-0.2, -0.15) is 4.37 Å². The molecule has 0 fully saturated rings. The second-order valence-corrected chi connectivity index (χ2v) is 4.80. The number of aromatic nitrogens is 3. The zero-order chi connectivity index (χ0) is 13.2. The lowest BCUT2D eigenvalue weighted by Crippen LogP contribution is -2.23. The zero-order valence-corrected chi connectivity index (χ0v) is 11.1. The highest BCUT2D eigenvalue weighted by molar-refractivity contribution is 7.03. The van der Waals surface area contributed by atoms with E-state index >= 15 is 0 Å². The predicted molar refractivity (Wildman–Crippen MR) is 74.1 cm³/mol. The van der Waals surface area contributed by atoms with Gasteiger partial charge in [0.2, 0.25) is 0 Å². The van der Waals surface area contributed by atoms with Gasteiger partial charge < -0.3 is 10.3 Å². The number of amides is 1. The van der Waals surface area contributed by atoms with Crippen molar-refractivity contribution in [1.29, 1.82) is 0 Å². The van der Waals surface area contributed by atoms with Crippen LogP contribution in [0.4, 0.5) is 0 Å². The Labute approximate surface area is 113 Å². The van der Waals surface area contributed by atoms with Crippen molar-refractivity contribution >= 4 is 28.2 Å². The quantitative estimate of drug-likeness (QED) is 0.768. The van der Waals surface area contributed by atoms with Crippen molar-refractivity contribution in [2.45, 2.75) is 13.5 Å². The Hall–Kier alpha value is -2.21. The summed E-state index contributed by atoms with van der Waals surface area (Å²) < 4.78 is 4.06. The largest absolute Gasteiger partial charge is 0.354 e. The summed E-state index contributed by atoms with van der Waals surface area (Å²) >= 11 is 1.27. The fourth-order valence-electron chi connectivity index (χ4n) is 2.05. The van der Waals surface area contributed by atoms with E-state index in [4.69, 9.17) is 0 Å². The molecule has 2 N–H and O–H groups in total. The van der Waals surface area contributed by atoms with Crippen molar-refractivity contribution in [3.8, 4) is 0 Å². The highest BCUT2D eigenvalue weighted by atomic mass is 32.1. The number of rotatable bonds is 3. The van der Waals surface area contributed by atoms with Gasteiger partial charge in [-0.25, -0.2) is 4.98 Å². The van der Waals surface area contributed by atoms with Crippen molar-refractivity contribution in [2.75, 3.05) is 0 Å². The molecule has 96 valence electrons. The second-order valence-electron chi connectivity index (χ2n) is 4.20. The van der Waals surface area contributed by atoms with Crippen LogP contribution in [0.2, 0.25) is 0 Å². The Morgan fingerprint density at radius 3 is 2.89 bits per heavy atom. The molecule has 19 heavy (non-hydrogen) atoms. The number of aryl methyl sites for hydroxylation is 1. The SMILES string of the molecule is Cc1[nH]c(C(=O)NCc2ncsn2)c2ccccc12. The normalized spacial score (nSPS) is 10.8. The third kappa shape index (κ3) is 2.22. The molecule has 0 aliphatic rings. The average molecular weight is 272 g/mol. The summed E-state index contributed by atoms with van der Waals surface area (Å²) in [5.41, 5.74) is 3.23. The number of nitrogens with zero attached hydrogens (tertiary/aromatic N) is 2.